The molecule has 4 fully saturated rings. The van der Waals surface area contributed by atoms with Crippen molar-refractivity contribution < 1.29 is 5.11 Å². The molecule has 4 rings (SSSR count). The van der Waals surface area contributed by atoms with Crippen molar-refractivity contribution >= 4 is 0 Å². The fourth-order valence-corrected chi connectivity index (χ4v) is 9.17. The van der Waals surface area contributed by atoms with Crippen LogP contribution in [0.1, 0.15) is 97.8 Å². The number of hydrogen-bond donors (Lipinski definition) is 5. The summed E-state index contributed by atoms with van der Waals surface area (Å²) in [6.45, 7) is 14.0. The van der Waals surface area contributed by atoms with Crippen molar-refractivity contribution in [2.24, 2.45) is 46.2 Å². The first kappa shape index (κ1) is 27.8. The molecule has 4 saturated carbocycles. The lowest BCUT2D eigenvalue weighted by molar-refractivity contribution is -0.164. The molecule has 5 heteroatoms. The van der Waals surface area contributed by atoms with Crippen molar-refractivity contribution in [3.63, 3.8) is 0 Å². The molecule has 0 aromatic rings. The molecule has 0 amide bonds. The van der Waals surface area contributed by atoms with Gasteiger partial charge < -0.3 is 26.8 Å². The van der Waals surface area contributed by atoms with E-state index in [9.17, 15) is 5.11 Å². The summed E-state index contributed by atoms with van der Waals surface area (Å²) in [5.41, 5.74) is 6.46. The number of rotatable bonds is 13. The Balaban J connectivity index is 1.15. The molecule has 0 heterocycles. The minimum atomic E-state index is -0.0631. The molecule has 5 nitrogen and oxygen atoms in total. The monoisotopic (exact) mass is 490 g/mol. The molecule has 204 valence electrons. The summed E-state index contributed by atoms with van der Waals surface area (Å²) in [5, 5.41) is 22.4. The van der Waals surface area contributed by atoms with Crippen LogP contribution in [0.25, 0.3) is 0 Å². The molecule has 4 aliphatic rings. The van der Waals surface area contributed by atoms with Crippen LogP contribution < -0.4 is 21.7 Å². The quantitative estimate of drug-likeness (QED) is 0.249. The molecule has 0 aromatic carbocycles. The second-order valence-corrected chi connectivity index (χ2v) is 13.4. The maximum absolute atomic E-state index is 11.4. The van der Waals surface area contributed by atoms with Crippen LogP contribution in [0.5, 0.6) is 0 Å². The fourth-order valence-electron chi connectivity index (χ4n) is 9.17. The summed E-state index contributed by atoms with van der Waals surface area (Å²) < 4.78 is 0. The van der Waals surface area contributed by atoms with Crippen molar-refractivity contribution in [1.82, 2.24) is 16.0 Å². The van der Waals surface area contributed by atoms with Gasteiger partial charge in [-0.3, -0.25) is 0 Å². The van der Waals surface area contributed by atoms with E-state index in [1.54, 1.807) is 0 Å². The summed E-state index contributed by atoms with van der Waals surface area (Å²) >= 11 is 0. The van der Waals surface area contributed by atoms with Gasteiger partial charge in [-0.2, -0.15) is 0 Å². The van der Waals surface area contributed by atoms with E-state index in [-0.39, 0.29) is 6.10 Å². The Morgan fingerprint density at radius 1 is 0.771 bits per heavy atom. The number of fused-ring (bicyclic) bond motifs is 5. The first-order chi connectivity index (χ1) is 16.9. The second-order valence-electron chi connectivity index (χ2n) is 13.4. The Bertz CT molecular complexity index is 646. The predicted molar refractivity (Wildman–Crippen MR) is 147 cm³/mol. The third-order valence-electron chi connectivity index (χ3n) is 11.6. The van der Waals surface area contributed by atoms with Crippen LogP contribution >= 0.6 is 0 Å². The molecular weight excluding hydrogens is 432 g/mol. The van der Waals surface area contributed by atoms with Gasteiger partial charge in [-0.15, -0.1) is 0 Å². The third-order valence-corrected chi connectivity index (χ3v) is 11.6. The zero-order valence-electron chi connectivity index (χ0n) is 23.3. The van der Waals surface area contributed by atoms with Crippen LogP contribution in [0.2, 0.25) is 0 Å². The van der Waals surface area contributed by atoms with Crippen LogP contribution in [-0.2, 0) is 0 Å². The Hall–Kier alpha value is -0.200. The van der Waals surface area contributed by atoms with E-state index in [1.165, 1.54) is 64.2 Å². The van der Waals surface area contributed by atoms with E-state index < -0.39 is 0 Å². The molecular formula is C30H58N4O. The van der Waals surface area contributed by atoms with E-state index in [4.69, 9.17) is 5.73 Å². The van der Waals surface area contributed by atoms with Crippen LogP contribution in [0.15, 0.2) is 0 Å². The largest absolute Gasteiger partial charge is 0.393 e. The normalized spacial score (nSPS) is 42.9. The average molecular weight is 491 g/mol. The number of nitrogens with one attached hydrogen (secondary N) is 3. The SMILES string of the molecule is C[C@H]1CCC2C3C(O)C[C@H]4C[C@@H](NCCCNCCCCNCCCN)CC[C@]4(C)C3CC[C@@]21C. The van der Waals surface area contributed by atoms with Crippen molar-refractivity contribution in [2.45, 2.75) is 110 Å². The van der Waals surface area contributed by atoms with E-state index in [1.807, 2.05) is 0 Å². The van der Waals surface area contributed by atoms with Gasteiger partial charge in [-0.1, -0.05) is 20.8 Å². The molecule has 4 aliphatic carbocycles. The van der Waals surface area contributed by atoms with Gasteiger partial charge in [0, 0.05) is 6.04 Å². The van der Waals surface area contributed by atoms with E-state index >= 15 is 0 Å². The smallest absolute Gasteiger partial charge is 0.0577 e. The van der Waals surface area contributed by atoms with Crippen molar-refractivity contribution in [3.8, 4) is 0 Å². The van der Waals surface area contributed by atoms with Gasteiger partial charge in [0.1, 0.15) is 0 Å². The van der Waals surface area contributed by atoms with Crippen molar-refractivity contribution in [2.75, 3.05) is 39.3 Å². The van der Waals surface area contributed by atoms with E-state index in [2.05, 4.69) is 36.7 Å². The van der Waals surface area contributed by atoms with Crippen LogP contribution in [0.3, 0.4) is 0 Å². The summed E-state index contributed by atoms with van der Waals surface area (Å²) in [4.78, 5) is 0. The second kappa shape index (κ2) is 12.6. The minimum Gasteiger partial charge on any atom is -0.393 e. The molecule has 0 radical (unpaired) electrons. The predicted octanol–water partition coefficient (Wildman–Crippen LogP) is 4.29. The number of unbranched alkanes of at least 4 members (excludes halogenated alkanes) is 1. The zero-order valence-corrected chi connectivity index (χ0v) is 23.3. The number of aliphatic hydroxyl groups is 1. The molecule has 0 bridgehead atoms. The molecule has 0 aromatic heterocycles. The molecule has 0 saturated heterocycles. The summed E-state index contributed by atoms with van der Waals surface area (Å²) in [7, 11) is 0. The lowest BCUT2D eigenvalue weighted by Crippen LogP contribution is -2.59. The Morgan fingerprint density at radius 2 is 1.43 bits per heavy atom. The van der Waals surface area contributed by atoms with Gasteiger partial charge in [-0.05, 0) is 157 Å². The first-order valence-corrected chi connectivity index (χ1v) is 15.4. The highest BCUT2D eigenvalue weighted by Gasteiger charge is 2.61. The highest BCUT2D eigenvalue weighted by atomic mass is 16.3. The van der Waals surface area contributed by atoms with E-state index in [0.717, 1.165) is 69.9 Å². The lowest BCUT2D eigenvalue weighted by atomic mass is 9.44. The highest BCUT2D eigenvalue weighted by Crippen LogP contribution is 2.67. The first-order valence-electron chi connectivity index (χ1n) is 15.4. The number of nitrogens with two attached hydrogens (primary N) is 1. The molecule has 4 unspecified atom stereocenters. The molecule has 0 aliphatic heterocycles. The van der Waals surface area contributed by atoms with Gasteiger partial charge in [0.05, 0.1) is 6.10 Å². The number of hydrogen-bond acceptors (Lipinski definition) is 5. The standard InChI is InChI=1S/C30H58N4O/c1-22-8-9-25-28-26(11-13-29(22,25)2)30(3)12-10-24(20-23(30)21-27(28)35)34-19-7-18-33-16-5-4-15-32-17-6-14-31/h22-28,32-35H,4-21,31H2,1-3H3/t22-,23+,24-,25?,26?,27?,28?,29+,30-/m0/s1. The minimum absolute atomic E-state index is 0.0631. The molecule has 6 N–H and O–H groups in total. The van der Waals surface area contributed by atoms with Crippen LogP contribution in [0, 0.1) is 40.4 Å². The summed E-state index contributed by atoms with van der Waals surface area (Å²) in [5.74, 6) is 3.62. The summed E-state index contributed by atoms with van der Waals surface area (Å²) in [6.07, 6.45) is 15.2. The number of aliphatic hydroxyl groups excluding tert-OH is 1. The maximum Gasteiger partial charge on any atom is 0.0577 e. The Kier molecular flexibility index (Phi) is 9.99. The lowest BCUT2D eigenvalue weighted by Gasteiger charge is -2.62. The van der Waals surface area contributed by atoms with Crippen molar-refractivity contribution in [1.29, 1.82) is 0 Å². The molecule has 35 heavy (non-hydrogen) atoms. The molecule has 9 atom stereocenters. The Labute approximate surface area is 216 Å². The van der Waals surface area contributed by atoms with Gasteiger partial charge in [-0.25, -0.2) is 0 Å². The maximum atomic E-state index is 11.4. The van der Waals surface area contributed by atoms with Crippen LogP contribution in [-0.4, -0.2) is 56.5 Å². The fraction of sp³-hybridized carbons (Fsp3) is 1.00. The highest BCUT2D eigenvalue weighted by molar-refractivity contribution is 5.11. The molecule has 0 spiro atoms. The average Bonchev–Trinajstić information content (AvgIpc) is 3.15. The topological polar surface area (TPSA) is 82.3 Å². The van der Waals surface area contributed by atoms with Gasteiger partial charge >= 0.3 is 0 Å². The van der Waals surface area contributed by atoms with E-state index in [0.29, 0.717) is 28.7 Å². The summed E-state index contributed by atoms with van der Waals surface area (Å²) in [6, 6.07) is 0.650. The van der Waals surface area contributed by atoms with Crippen molar-refractivity contribution in [3.05, 3.63) is 0 Å². The van der Waals surface area contributed by atoms with Gasteiger partial charge in [0.25, 0.3) is 0 Å². The van der Waals surface area contributed by atoms with Crippen LogP contribution in [0.4, 0.5) is 0 Å². The van der Waals surface area contributed by atoms with Gasteiger partial charge in [0.15, 0.2) is 0 Å². The van der Waals surface area contributed by atoms with Gasteiger partial charge in [0.2, 0.25) is 0 Å². The zero-order chi connectivity index (χ0) is 24.9. The third kappa shape index (κ3) is 6.11. The Morgan fingerprint density at radius 3 is 2.17 bits per heavy atom.